The number of amides is 1. The highest BCUT2D eigenvalue weighted by Crippen LogP contribution is 2.23. The van der Waals surface area contributed by atoms with Crippen molar-refractivity contribution in [1.29, 1.82) is 0 Å². The molecule has 0 saturated carbocycles. The fourth-order valence-corrected chi connectivity index (χ4v) is 2.57. The molecule has 0 bridgehead atoms. The molecule has 0 spiro atoms. The number of nitrogens with zero attached hydrogens (tertiary/aromatic N) is 1. The molecule has 1 heterocycles. The van der Waals surface area contributed by atoms with Gasteiger partial charge in [-0.2, -0.15) is 4.73 Å². The minimum absolute atomic E-state index is 0.171. The largest absolute Gasteiger partial charge is 0.618 e. The van der Waals surface area contributed by atoms with Gasteiger partial charge >= 0.3 is 0 Å². The molecule has 0 aliphatic rings. The smallest absolute Gasteiger partial charge is 0.251 e. The van der Waals surface area contributed by atoms with E-state index in [-0.39, 0.29) is 12.5 Å². The van der Waals surface area contributed by atoms with Gasteiger partial charge in [-0.1, -0.05) is 35.9 Å². The van der Waals surface area contributed by atoms with Crippen molar-refractivity contribution in [2.75, 3.05) is 0 Å². The lowest BCUT2D eigenvalue weighted by molar-refractivity contribution is -0.614. The summed E-state index contributed by atoms with van der Waals surface area (Å²) in [6, 6.07) is 19.8. The number of pyridine rings is 1. The molecule has 24 heavy (non-hydrogen) atoms. The summed E-state index contributed by atoms with van der Waals surface area (Å²) in [4.78, 5) is 12.3. The van der Waals surface area contributed by atoms with Gasteiger partial charge in [0, 0.05) is 22.7 Å². The van der Waals surface area contributed by atoms with E-state index < -0.39 is 0 Å². The summed E-state index contributed by atoms with van der Waals surface area (Å²) in [5.41, 5.74) is 2.86. The second-order valence-corrected chi connectivity index (χ2v) is 5.73. The monoisotopic (exact) mass is 338 g/mol. The van der Waals surface area contributed by atoms with Crippen LogP contribution in [0.3, 0.4) is 0 Å². The number of hydrogen-bond donors (Lipinski definition) is 1. The van der Waals surface area contributed by atoms with E-state index in [1.54, 1.807) is 36.4 Å². The van der Waals surface area contributed by atoms with Crippen molar-refractivity contribution in [2.45, 2.75) is 6.54 Å². The van der Waals surface area contributed by atoms with Crippen molar-refractivity contribution in [2.24, 2.45) is 0 Å². The number of benzene rings is 2. The van der Waals surface area contributed by atoms with Crippen LogP contribution in [0.4, 0.5) is 0 Å². The number of aromatic nitrogens is 1. The topological polar surface area (TPSA) is 56.0 Å². The molecule has 2 aromatic carbocycles. The van der Waals surface area contributed by atoms with Crippen LogP contribution in [0.2, 0.25) is 5.02 Å². The summed E-state index contributed by atoms with van der Waals surface area (Å²) in [7, 11) is 0. The van der Waals surface area contributed by atoms with Gasteiger partial charge in [0.05, 0.1) is 0 Å². The van der Waals surface area contributed by atoms with E-state index in [9.17, 15) is 10.0 Å². The van der Waals surface area contributed by atoms with Crippen molar-refractivity contribution in [3.8, 4) is 11.1 Å². The summed E-state index contributed by atoms with van der Waals surface area (Å²) in [5, 5.41) is 15.0. The Kier molecular flexibility index (Phi) is 4.77. The Morgan fingerprint density at radius 3 is 2.50 bits per heavy atom. The number of rotatable bonds is 4. The molecule has 3 aromatic rings. The van der Waals surface area contributed by atoms with E-state index in [4.69, 9.17) is 11.6 Å². The molecule has 0 aliphatic carbocycles. The summed E-state index contributed by atoms with van der Waals surface area (Å²) in [6.45, 7) is 0.171. The van der Waals surface area contributed by atoms with E-state index >= 15 is 0 Å². The van der Waals surface area contributed by atoms with E-state index in [1.807, 2.05) is 30.3 Å². The van der Waals surface area contributed by atoms with Crippen LogP contribution in [0.5, 0.6) is 0 Å². The molecule has 1 aromatic heterocycles. The standard InChI is InChI=1S/C19H15ClN2O2/c20-17-8-4-6-15(12-17)14-5-3-7-16(11-14)19(23)21-13-18-9-1-2-10-22(18)24/h1-12H,13H2,(H,21,23). The minimum Gasteiger partial charge on any atom is -0.618 e. The molecular weight excluding hydrogens is 324 g/mol. The molecule has 0 radical (unpaired) electrons. The van der Waals surface area contributed by atoms with Crippen molar-refractivity contribution >= 4 is 17.5 Å². The lowest BCUT2D eigenvalue weighted by atomic mass is 10.0. The van der Waals surface area contributed by atoms with Crippen LogP contribution in [-0.2, 0) is 6.54 Å². The Morgan fingerprint density at radius 1 is 1.00 bits per heavy atom. The Morgan fingerprint density at radius 2 is 1.75 bits per heavy atom. The summed E-state index contributed by atoms with van der Waals surface area (Å²) >= 11 is 6.02. The van der Waals surface area contributed by atoms with E-state index in [1.165, 1.54) is 6.20 Å². The lowest BCUT2D eigenvalue weighted by Gasteiger charge is -2.08. The first-order valence-electron chi connectivity index (χ1n) is 7.45. The van der Waals surface area contributed by atoms with Gasteiger partial charge in [0.1, 0.15) is 6.54 Å². The SMILES string of the molecule is O=C(NCc1cccc[n+]1[O-])c1cccc(-c2cccc(Cl)c2)c1. The number of carbonyl (C=O) groups is 1. The maximum absolute atomic E-state index is 12.3. The molecule has 0 atom stereocenters. The molecule has 3 rings (SSSR count). The molecule has 1 amide bonds. The summed E-state index contributed by atoms with van der Waals surface area (Å²) in [5.74, 6) is -0.234. The second kappa shape index (κ2) is 7.15. The van der Waals surface area contributed by atoms with E-state index in [0.717, 1.165) is 15.9 Å². The number of hydrogen-bond acceptors (Lipinski definition) is 2. The Bertz CT molecular complexity index is 881. The van der Waals surface area contributed by atoms with Gasteiger partial charge in [0.2, 0.25) is 5.69 Å². The van der Waals surface area contributed by atoms with Crippen LogP contribution < -0.4 is 10.0 Å². The van der Waals surface area contributed by atoms with Gasteiger partial charge in [-0.15, -0.1) is 0 Å². The summed E-state index contributed by atoms with van der Waals surface area (Å²) < 4.78 is 0.739. The van der Waals surface area contributed by atoms with Gasteiger partial charge < -0.3 is 10.5 Å². The Balaban J connectivity index is 1.76. The average Bonchev–Trinajstić information content (AvgIpc) is 2.61. The third kappa shape index (κ3) is 3.73. The molecular formula is C19H15ClN2O2. The maximum atomic E-state index is 12.3. The predicted molar refractivity (Wildman–Crippen MR) is 93.5 cm³/mol. The zero-order chi connectivity index (χ0) is 16.9. The van der Waals surface area contributed by atoms with Crippen molar-refractivity contribution in [3.63, 3.8) is 0 Å². The first-order valence-corrected chi connectivity index (χ1v) is 7.82. The third-order valence-electron chi connectivity index (χ3n) is 3.62. The zero-order valence-corrected chi connectivity index (χ0v) is 13.5. The highest BCUT2D eigenvalue weighted by Gasteiger charge is 2.10. The number of halogens is 1. The van der Waals surface area contributed by atoms with Crippen LogP contribution >= 0.6 is 11.6 Å². The van der Waals surface area contributed by atoms with Crippen LogP contribution in [-0.4, -0.2) is 5.91 Å². The van der Waals surface area contributed by atoms with E-state index in [2.05, 4.69) is 5.32 Å². The fourth-order valence-electron chi connectivity index (χ4n) is 2.38. The molecule has 0 saturated heterocycles. The Hall–Kier alpha value is -2.85. The van der Waals surface area contributed by atoms with Gasteiger partial charge in [0.25, 0.3) is 5.91 Å². The number of nitrogens with one attached hydrogen (secondary N) is 1. The fraction of sp³-hybridized carbons (Fsp3) is 0.0526. The van der Waals surface area contributed by atoms with Gasteiger partial charge in [-0.25, -0.2) is 0 Å². The quantitative estimate of drug-likeness (QED) is 0.584. The highest BCUT2D eigenvalue weighted by molar-refractivity contribution is 6.30. The Labute approximate surface area is 144 Å². The average molecular weight is 339 g/mol. The molecule has 0 fully saturated rings. The van der Waals surface area contributed by atoms with Crippen LogP contribution in [0.25, 0.3) is 11.1 Å². The zero-order valence-electron chi connectivity index (χ0n) is 12.8. The van der Waals surface area contributed by atoms with Crippen molar-refractivity contribution in [1.82, 2.24) is 5.32 Å². The van der Waals surface area contributed by atoms with Crippen LogP contribution in [0, 0.1) is 5.21 Å². The minimum atomic E-state index is -0.234. The molecule has 4 nitrogen and oxygen atoms in total. The van der Waals surface area contributed by atoms with Gasteiger partial charge in [-0.3, -0.25) is 4.79 Å². The van der Waals surface area contributed by atoms with E-state index in [0.29, 0.717) is 16.3 Å². The summed E-state index contributed by atoms with van der Waals surface area (Å²) in [6.07, 6.45) is 1.40. The normalized spacial score (nSPS) is 10.4. The predicted octanol–water partition coefficient (Wildman–Crippen LogP) is 3.57. The molecule has 0 aliphatic heterocycles. The molecule has 120 valence electrons. The van der Waals surface area contributed by atoms with Crippen LogP contribution in [0.15, 0.2) is 72.9 Å². The third-order valence-corrected chi connectivity index (χ3v) is 3.85. The molecule has 0 unspecified atom stereocenters. The van der Waals surface area contributed by atoms with Crippen molar-refractivity contribution in [3.05, 3.63) is 94.4 Å². The maximum Gasteiger partial charge on any atom is 0.251 e. The highest BCUT2D eigenvalue weighted by atomic mass is 35.5. The van der Waals surface area contributed by atoms with Crippen molar-refractivity contribution < 1.29 is 9.52 Å². The van der Waals surface area contributed by atoms with Gasteiger partial charge in [0.15, 0.2) is 6.20 Å². The second-order valence-electron chi connectivity index (χ2n) is 5.29. The first-order chi connectivity index (χ1) is 11.6. The number of carbonyl (C=O) groups excluding carboxylic acids is 1. The van der Waals surface area contributed by atoms with Crippen LogP contribution in [0.1, 0.15) is 16.1 Å². The van der Waals surface area contributed by atoms with Gasteiger partial charge in [-0.05, 0) is 41.5 Å². The lowest BCUT2D eigenvalue weighted by Crippen LogP contribution is -2.35. The first kappa shape index (κ1) is 16.0. The molecule has 1 N–H and O–H groups in total. The molecule has 5 heteroatoms.